The molecule has 33 heavy (non-hydrogen) atoms. The molecule has 0 heterocycles. The molecule has 0 atom stereocenters. The highest BCUT2D eigenvalue weighted by molar-refractivity contribution is 5.98. The van der Waals surface area contributed by atoms with Gasteiger partial charge in [0.2, 0.25) is 11.8 Å². The highest BCUT2D eigenvalue weighted by Gasteiger charge is 2.16. The third-order valence-corrected chi connectivity index (χ3v) is 4.56. The maximum absolute atomic E-state index is 12.7. The van der Waals surface area contributed by atoms with Crippen molar-refractivity contribution in [2.45, 2.75) is 0 Å². The zero-order valence-corrected chi connectivity index (χ0v) is 17.8. The third kappa shape index (κ3) is 7.64. The second kappa shape index (κ2) is 11.8. The number of nitrogens with one attached hydrogen (secondary N) is 3. The number of anilines is 3. The highest BCUT2D eigenvalue weighted by atomic mass is 16.5. The summed E-state index contributed by atoms with van der Waals surface area (Å²) in [5, 5.41) is 14.3. The van der Waals surface area contributed by atoms with Crippen LogP contribution in [0.5, 0.6) is 0 Å². The van der Waals surface area contributed by atoms with Crippen LogP contribution in [0.4, 0.5) is 17.1 Å². The molecular weight excluding hydrogens is 420 g/mol. The smallest absolute Gasteiger partial charge is 0.267 e. The molecule has 0 fully saturated rings. The van der Waals surface area contributed by atoms with Crippen molar-refractivity contribution in [2.24, 2.45) is 0 Å². The Labute approximate surface area is 191 Å². The Morgan fingerprint density at radius 2 is 1.30 bits per heavy atom. The summed E-state index contributed by atoms with van der Waals surface area (Å²) >= 11 is 0. The molecule has 0 aliphatic rings. The summed E-state index contributed by atoms with van der Waals surface area (Å²) in [6.45, 7) is -0.136. The molecule has 3 aromatic rings. The summed E-state index contributed by atoms with van der Waals surface area (Å²) in [4.78, 5) is 38.3. The first-order chi connectivity index (χ1) is 16.0. The minimum absolute atomic E-state index is 0.0681. The van der Waals surface area contributed by atoms with Crippen molar-refractivity contribution in [3.63, 3.8) is 0 Å². The van der Waals surface area contributed by atoms with Gasteiger partial charge < -0.3 is 15.5 Å². The van der Waals surface area contributed by atoms with Gasteiger partial charge in [0, 0.05) is 23.1 Å². The van der Waals surface area contributed by atoms with Crippen molar-refractivity contribution >= 4 is 40.9 Å². The number of carbonyl (C=O) groups is 3. The van der Waals surface area contributed by atoms with Crippen molar-refractivity contribution in [2.75, 3.05) is 28.6 Å². The van der Waals surface area contributed by atoms with Gasteiger partial charge >= 0.3 is 0 Å². The summed E-state index contributed by atoms with van der Waals surface area (Å²) in [5.41, 5.74) is 4.12. The predicted octanol–water partition coefficient (Wildman–Crippen LogP) is 3.29. The van der Waals surface area contributed by atoms with Gasteiger partial charge in [-0.05, 0) is 48.0 Å². The van der Waals surface area contributed by atoms with Gasteiger partial charge in [0.05, 0.1) is 13.1 Å². The van der Waals surface area contributed by atoms with E-state index in [0.29, 0.717) is 22.6 Å². The van der Waals surface area contributed by atoms with Crippen molar-refractivity contribution in [3.05, 3.63) is 96.6 Å². The number of para-hydroxylation sites is 2. The first-order valence-electron chi connectivity index (χ1n) is 10.2. The number of carbonyl (C=O) groups excluding carboxylic acids is 3. The van der Waals surface area contributed by atoms with Gasteiger partial charge in [-0.2, -0.15) is 0 Å². The predicted molar refractivity (Wildman–Crippen MR) is 128 cm³/mol. The Morgan fingerprint density at radius 3 is 1.82 bits per heavy atom. The quantitative estimate of drug-likeness (QED) is 0.230. The Balaban J connectivity index is 1.78. The van der Waals surface area contributed by atoms with Crippen molar-refractivity contribution in [3.8, 4) is 0 Å². The normalized spacial score (nSPS) is 10.5. The average molecular weight is 444 g/mol. The topological polar surface area (TPSA) is 111 Å². The van der Waals surface area contributed by atoms with E-state index in [0.717, 1.165) is 0 Å². The zero-order chi connectivity index (χ0) is 23.5. The lowest BCUT2D eigenvalue weighted by Crippen LogP contribution is -2.39. The van der Waals surface area contributed by atoms with Crippen molar-refractivity contribution in [1.82, 2.24) is 5.48 Å². The summed E-state index contributed by atoms with van der Waals surface area (Å²) in [7, 11) is 0. The molecule has 4 N–H and O–H groups in total. The maximum Gasteiger partial charge on any atom is 0.267 e. The number of hydrogen-bond donors (Lipinski definition) is 4. The first-order valence-corrected chi connectivity index (χ1v) is 10.2. The largest absolute Gasteiger partial charge is 0.353 e. The molecule has 8 heteroatoms. The van der Waals surface area contributed by atoms with Crippen LogP contribution in [0.3, 0.4) is 0 Å². The van der Waals surface area contributed by atoms with Crippen molar-refractivity contribution < 1.29 is 19.6 Å². The molecule has 0 aliphatic carbocycles. The van der Waals surface area contributed by atoms with Crippen LogP contribution < -0.4 is 21.0 Å². The number of hydrogen-bond acceptors (Lipinski definition) is 5. The van der Waals surface area contributed by atoms with E-state index in [-0.39, 0.29) is 24.9 Å². The van der Waals surface area contributed by atoms with Crippen LogP contribution in [0.25, 0.3) is 6.08 Å². The highest BCUT2D eigenvalue weighted by Crippen LogP contribution is 2.18. The van der Waals surface area contributed by atoms with E-state index < -0.39 is 5.91 Å². The van der Waals surface area contributed by atoms with Crippen LogP contribution in [0, 0.1) is 0 Å². The molecule has 3 rings (SSSR count). The fourth-order valence-corrected chi connectivity index (χ4v) is 3.06. The summed E-state index contributed by atoms with van der Waals surface area (Å²) < 4.78 is 0. The minimum atomic E-state index is -0.665. The average Bonchev–Trinajstić information content (AvgIpc) is 2.83. The number of rotatable bonds is 9. The van der Waals surface area contributed by atoms with E-state index in [4.69, 9.17) is 5.21 Å². The molecule has 0 aromatic heterocycles. The Morgan fingerprint density at radius 1 is 0.758 bits per heavy atom. The summed E-state index contributed by atoms with van der Waals surface area (Å²) in [5.74, 6) is -1.23. The van der Waals surface area contributed by atoms with E-state index in [9.17, 15) is 14.4 Å². The van der Waals surface area contributed by atoms with Gasteiger partial charge in [-0.15, -0.1) is 0 Å². The second-order valence-corrected chi connectivity index (χ2v) is 7.09. The lowest BCUT2D eigenvalue weighted by atomic mass is 10.1. The standard InChI is InChI=1S/C25H24N4O4/c30-23(28-33)15-14-19-8-7-13-22(16-19)29(17-24(31)26-20-9-3-1-4-10-20)18-25(32)27-21-11-5-2-6-12-21/h1-16,33H,17-18H2,(H,26,31)(H,27,32)(H,28,30)/b15-14+. The lowest BCUT2D eigenvalue weighted by Gasteiger charge is -2.24. The lowest BCUT2D eigenvalue weighted by molar-refractivity contribution is -0.124. The fraction of sp³-hybridized carbons (Fsp3) is 0.0800. The molecule has 0 unspecified atom stereocenters. The molecule has 3 amide bonds. The van der Waals surface area contributed by atoms with Gasteiger partial charge in [-0.25, -0.2) is 5.48 Å². The molecule has 0 radical (unpaired) electrons. The molecule has 0 aliphatic heterocycles. The number of nitrogens with zero attached hydrogens (tertiary/aromatic N) is 1. The maximum atomic E-state index is 12.7. The van der Waals surface area contributed by atoms with Crippen LogP contribution in [-0.4, -0.2) is 36.0 Å². The SMILES string of the molecule is O=C(/C=C/c1cccc(N(CC(=O)Nc2ccccc2)CC(=O)Nc2ccccc2)c1)NO. The molecule has 0 spiro atoms. The van der Waals surface area contributed by atoms with Crippen LogP contribution in [0.15, 0.2) is 91.0 Å². The summed E-state index contributed by atoms with van der Waals surface area (Å²) in [6.07, 6.45) is 2.69. The number of hydroxylamine groups is 1. The van der Waals surface area contributed by atoms with E-state index in [1.807, 2.05) is 36.4 Å². The van der Waals surface area contributed by atoms with Gasteiger partial charge in [-0.3, -0.25) is 19.6 Å². The first kappa shape index (κ1) is 23.2. The molecule has 8 nitrogen and oxygen atoms in total. The fourth-order valence-electron chi connectivity index (χ4n) is 3.06. The van der Waals surface area contributed by atoms with E-state index >= 15 is 0 Å². The van der Waals surface area contributed by atoms with Crippen LogP contribution in [-0.2, 0) is 14.4 Å². The van der Waals surface area contributed by atoms with E-state index in [2.05, 4.69) is 10.6 Å². The second-order valence-electron chi connectivity index (χ2n) is 7.09. The Bertz CT molecular complexity index is 1060. The minimum Gasteiger partial charge on any atom is -0.353 e. The van der Waals surface area contributed by atoms with Crippen LogP contribution in [0.1, 0.15) is 5.56 Å². The van der Waals surface area contributed by atoms with Crippen LogP contribution >= 0.6 is 0 Å². The summed E-state index contributed by atoms with van der Waals surface area (Å²) in [6, 6.07) is 25.1. The van der Waals surface area contributed by atoms with E-state index in [1.165, 1.54) is 17.6 Å². The molecule has 0 saturated heterocycles. The molecule has 168 valence electrons. The molecule has 0 bridgehead atoms. The number of amides is 3. The molecule has 0 saturated carbocycles. The third-order valence-electron chi connectivity index (χ3n) is 4.56. The Hall–Kier alpha value is -4.43. The number of benzene rings is 3. The van der Waals surface area contributed by atoms with Crippen LogP contribution in [0.2, 0.25) is 0 Å². The van der Waals surface area contributed by atoms with Gasteiger partial charge in [0.15, 0.2) is 0 Å². The molecule has 3 aromatic carbocycles. The van der Waals surface area contributed by atoms with E-state index in [1.54, 1.807) is 53.4 Å². The monoisotopic (exact) mass is 444 g/mol. The van der Waals surface area contributed by atoms with Crippen molar-refractivity contribution in [1.29, 1.82) is 0 Å². The Kier molecular flexibility index (Phi) is 8.33. The van der Waals surface area contributed by atoms with Gasteiger partial charge in [0.1, 0.15) is 0 Å². The van der Waals surface area contributed by atoms with Gasteiger partial charge in [-0.1, -0.05) is 48.5 Å². The van der Waals surface area contributed by atoms with Gasteiger partial charge in [0.25, 0.3) is 5.91 Å². The molecular formula is C25H24N4O4. The zero-order valence-electron chi connectivity index (χ0n) is 17.8.